The molecule has 0 aromatic heterocycles. The first-order valence-corrected chi connectivity index (χ1v) is 11.7. The molecule has 0 bridgehead atoms. The molecule has 1 aromatic carbocycles. The maximum atomic E-state index is 13.0. The second-order valence-electron chi connectivity index (χ2n) is 8.60. The molecule has 0 saturated heterocycles. The Morgan fingerprint density at radius 3 is 1.97 bits per heavy atom. The van der Waals surface area contributed by atoms with Crippen molar-refractivity contribution in [3.05, 3.63) is 35.9 Å². The number of nitrogens with one attached hydrogen (secondary N) is 3. The second kappa shape index (κ2) is 15.4. The van der Waals surface area contributed by atoms with E-state index < -0.39 is 60.1 Å². The average molecular weight is 524 g/mol. The second-order valence-corrected chi connectivity index (χ2v) is 8.60. The third-order valence-electron chi connectivity index (χ3n) is 5.32. The zero-order valence-electron chi connectivity index (χ0n) is 20.8. The van der Waals surface area contributed by atoms with Crippen LogP contribution in [-0.4, -0.2) is 87.9 Å². The van der Waals surface area contributed by atoms with Crippen molar-refractivity contribution in [2.24, 2.45) is 22.2 Å². The van der Waals surface area contributed by atoms with Crippen LogP contribution in [0.1, 0.15) is 32.3 Å². The number of carbonyl (C=O) groups excluding carboxylic acids is 3. The maximum Gasteiger partial charge on any atom is 0.328 e. The van der Waals surface area contributed by atoms with E-state index in [-0.39, 0.29) is 31.8 Å². The van der Waals surface area contributed by atoms with Gasteiger partial charge in [0.15, 0.2) is 12.0 Å². The van der Waals surface area contributed by atoms with Crippen molar-refractivity contribution in [2.75, 3.05) is 6.54 Å². The maximum absolute atomic E-state index is 13.0. The van der Waals surface area contributed by atoms with Gasteiger partial charge in [0.05, 0.1) is 18.2 Å². The van der Waals surface area contributed by atoms with E-state index in [9.17, 15) is 34.5 Å². The van der Waals surface area contributed by atoms with Crippen LogP contribution in [0.5, 0.6) is 0 Å². The number of amides is 3. The summed E-state index contributed by atoms with van der Waals surface area (Å²) in [5.41, 5.74) is 17.3. The van der Waals surface area contributed by atoms with Crippen LogP contribution in [0.2, 0.25) is 0 Å². The van der Waals surface area contributed by atoms with Gasteiger partial charge in [0.1, 0.15) is 12.1 Å². The van der Waals surface area contributed by atoms with Crippen LogP contribution in [0.15, 0.2) is 35.3 Å². The highest BCUT2D eigenvalue weighted by Gasteiger charge is 2.33. The summed E-state index contributed by atoms with van der Waals surface area (Å²) < 4.78 is 0. The van der Waals surface area contributed by atoms with Gasteiger partial charge in [0.2, 0.25) is 17.7 Å². The van der Waals surface area contributed by atoms with Crippen LogP contribution >= 0.6 is 0 Å². The van der Waals surface area contributed by atoms with Crippen LogP contribution in [0.3, 0.4) is 0 Å². The lowest BCUT2D eigenvalue weighted by molar-refractivity contribution is -0.145. The van der Waals surface area contributed by atoms with Gasteiger partial charge in [-0.25, -0.2) is 4.79 Å². The number of benzene rings is 1. The Bertz CT molecular complexity index is 937. The SMILES string of the molecule is CC(O)C(NC(=O)C(CCCN=C(N)N)NC(=O)C(NC(=O)C(N)Cc1ccccc1)C(C)O)C(=O)O. The fourth-order valence-electron chi connectivity index (χ4n) is 3.30. The zero-order chi connectivity index (χ0) is 28.1. The minimum Gasteiger partial charge on any atom is -0.480 e. The number of hydrogen-bond acceptors (Lipinski definition) is 8. The van der Waals surface area contributed by atoms with Gasteiger partial charge in [0, 0.05) is 6.54 Å². The Hall–Kier alpha value is -3.75. The van der Waals surface area contributed by atoms with Gasteiger partial charge in [-0.15, -0.1) is 0 Å². The highest BCUT2D eigenvalue weighted by atomic mass is 16.4. The number of nitrogens with zero attached hydrogens (tertiary/aromatic N) is 1. The van der Waals surface area contributed by atoms with Crippen LogP contribution in [-0.2, 0) is 25.6 Å². The molecule has 0 fully saturated rings. The lowest BCUT2D eigenvalue weighted by Crippen LogP contribution is -2.60. The summed E-state index contributed by atoms with van der Waals surface area (Å²) in [5, 5.41) is 36.0. The molecule has 1 aromatic rings. The third kappa shape index (κ3) is 11.2. The van der Waals surface area contributed by atoms with Crippen molar-refractivity contribution in [1.29, 1.82) is 0 Å². The van der Waals surface area contributed by atoms with Crippen molar-refractivity contribution >= 4 is 29.7 Å². The smallest absolute Gasteiger partial charge is 0.328 e. The van der Waals surface area contributed by atoms with Crippen molar-refractivity contribution in [2.45, 2.75) is 69.5 Å². The first-order chi connectivity index (χ1) is 17.3. The van der Waals surface area contributed by atoms with E-state index in [0.29, 0.717) is 0 Å². The predicted octanol–water partition coefficient (Wildman–Crippen LogP) is -3.09. The summed E-state index contributed by atoms with van der Waals surface area (Å²) in [4.78, 5) is 53.5. The van der Waals surface area contributed by atoms with E-state index in [1.54, 1.807) is 24.3 Å². The van der Waals surface area contributed by atoms with Gasteiger partial charge < -0.3 is 48.5 Å². The Balaban J connectivity index is 2.97. The molecule has 0 heterocycles. The number of carbonyl (C=O) groups is 4. The normalized spacial score (nSPS) is 15.7. The summed E-state index contributed by atoms with van der Waals surface area (Å²) in [6.45, 7) is 2.57. The van der Waals surface area contributed by atoms with E-state index in [0.717, 1.165) is 5.56 Å². The average Bonchev–Trinajstić information content (AvgIpc) is 2.82. The lowest BCUT2D eigenvalue weighted by atomic mass is 10.0. The van der Waals surface area contributed by atoms with Gasteiger partial charge >= 0.3 is 5.97 Å². The quantitative estimate of drug-likeness (QED) is 0.0636. The Morgan fingerprint density at radius 1 is 0.892 bits per heavy atom. The Labute approximate surface area is 214 Å². The largest absolute Gasteiger partial charge is 0.480 e. The molecule has 14 heteroatoms. The minimum absolute atomic E-state index is 0.0193. The molecular weight excluding hydrogens is 486 g/mol. The number of carboxylic acid groups (broad SMARTS) is 1. The fourth-order valence-corrected chi connectivity index (χ4v) is 3.30. The van der Waals surface area contributed by atoms with Crippen molar-refractivity contribution < 1.29 is 34.5 Å². The molecular formula is C23H37N7O7. The van der Waals surface area contributed by atoms with E-state index in [1.165, 1.54) is 13.8 Å². The number of guanidine groups is 1. The number of rotatable bonds is 15. The number of carboxylic acids is 1. The van der Waals surface area contributed by atoms with Gasteiger partial charge in [-0.05, 0) is 38.7 Å². The summed E-state index contributed by atoms with van der Waals surface area (Å²) in [6.07, 6.45) is -2.39. The summed E-state index contributed by atoms with van der Waals surface area (Å²) in [7, 11) is 0. The topological polar surface area (TPSA) is 255 Å². The molecule has 0 aliphatic heterocycles. The van der Waals surface area contributed by atoms with Crippen molar-refractivity contribution in [3.63, 3.8) is 0 Å². The van der Waals surface area contributed by atoms with Crippen molar-refractivity contribution in [1.82, 2.24) is 16.0 Å². The number of aliphatic hydroxyl groups excluding tert-OH is 2. The predicted molar refractivity (Wildman–Crippen MR) is 135 cm³/mol. The molecule has 14 nitrogen and oxygen atoms in total. The van der Waals surface area contributed by atoms with E-state index in [2.05, 4.69) is 20.9 Å². The van der Waals surface area contributed by atoms with E-state index >= 15 is 0 Å². The number of hydrogen-bond donors (Lipinski definition) is 9. The highest BCUT2D eigenvalue weighted by molar-refractivity contribution is 5.94. The van der Waals surface area contributed by atoms with Crippen LogP contribution in [0.4, 0.5) is 0 Å². The highest BCUT2D eigenvalue weighted by Crippen LogP contribution is 2.06. The number of nitrogens with two attached hydrogens (primary N) is 3. The molecule has 206 valence electrons. The molecule has 0 radical (unpaired) electrons. The first kappa shape index (κ1) is 31.3. The Kier molecular flexibility index (Phi) is 13.0. The molecule has 0 saturated carbocycles. The molecule has 0 spiro atoms. The lowest BCUT2D eigenvalue weighted by Gasteiger charge is -2.27. The van der Waals surface area contributed by atoms with E-state index in [4.69, 9.17) is 17.2 Å². The molecule has 6 atom stereocenters. The molecule has 37 heavy (non-hydrogen) atoms. The van der Waals surface area contributed by atoms with Crippen molar-refractivity contribution in [3.8, 4) is 0 Å². The number of aliphatic imine (C=N–C) groups is 1. The monoisotopic (exact) mass is 523 g/mol. The first-order valence-electron chi connectivity index (χ1n) is 11.7. The fraction of sp³-hybridized carbons (Fsp3) is 0.522. The summed E-state index contributed by atoms with van der Waals surface area (Å²) in [6, 6.07) is 3.56. The Morgan fingerprint density at radius 2 is 1.46 bits per heavy atom. The van der Waals surface area contributed by atoms with Crippen LogP contribution < -0.4 is 33.2 Å². The molecule has 6 unspecified atom stereocenters. The van der Waals surface area contributed by atoms with Crippen LogP contribution in [0.25, 0.3) is 0 Å². The number of aliphatic carboxylic acids is 1. The third-order valence-corrected chi connectivity index (χ3v) is 5.32. The molecule has 3 amide bonds. The summed E-state index contributed by atoms with van der Waals surface area (Å²) >= 11 is 0. The van der Waals surface area contributed by atoms with Gasteiger partial charge in [-0.3, -0.25) is 19.4 Å². The minimum atomic E-state index is -1.63. The molecule has 1 rings (SSSR count). The standard InChI is InChI=1S/C23H37N7O7/c1-12(31)17(29-19(33)15(24)11-14-7-4-3-5-8-14)21(35)28-16(9-6-10-27-23(25)26)20(34)30-18(13(2)32)22(36)37/h3-5,7-8,12-13,15-18,31-32H,6,9-11,24H2,1-2H3,(H,28,35)(H,29,33)(H,30,34)(H,36,37)(H4,25,26,27). The molecule has 0 aliphatic carbocycles. The van der Waals surface area contributed by atoms with Gasteiger partial charge in [-0.1, -0.05) is 30.3 Å². The van der Waals surface area contributed by atoms with Gasteiger partial charge in [-0.2, -0.15) is 0 Å². The van der Waals surface area contributed by atoms with E-state index in [1.807, 2.05) is 6.07 Å². The van der Waals surface area contributed by atoms with Gasteiger partial charge in [0.25, 0.3) is 0 Å². The number of aliphatic hydroxyl groups is 2. The molecule has 12 N–H and O–H groups in total. The zero-order valence-corrected chi connectivity index (χ0v) is 20.8. The van der Waals surface area contributed by atoms with Crippen LogP contribution in [0, 0.1) is 0 Å². The molecule has 0 aliphatic rings. The summed E-state index contributed by atoms with van der Waals surface area (Å²) in [5.74, 6) is -4.15.